The van der Waals surface area contributed by atoms with Gasteiger partial charge in [0.2, 0.25) is 0 Å². The first-order valence-corrected chi connectivity index (χ1v) is 7.51. The van der Waals surface area contributed by atoms with E-state index in [4.69, 9.17) is 23.2 Å². The van der Waals surface area contributed by atoms with Crippen LogP contribution in [0.15, 0.2) is 24.3 Å². The number of phenolic OH excluding ortho intramolecular Hbond substituents is 1. The molecule has 1 aromatic carbocycles. The summed E-state index contributed by atoms with van der Waals surface area (Å²) in [5.74, 6) is 0.126. The topological polar surface area (TPSA) is 35.5 Å². The third-order valence-corrected chi connectivity index (χ3v) is 4.06. The van der Waals surface area contributed by atoms with Gasteiger partial charge in [0.05, 0.1) is 5.02 Å². The van der Waals surface area contributed by atoms with Crippen molar-refractivity contribution in [2.24, 2.45) is 0 Å². The van der Waals surface area contributed by atoms with Gasteiger partial charge in [-0.2, -0.15) is 0 Å². The van der Waals surface area contributed by atoms with Crippen LogP contribution in [0.5, 0.6) is 5.75 Å². The molecule has 1 heterocycles. The zero-order chi connectivity index (χ0) is 14.7. The van der Waals surface area contributed by atoms with Gasteiger partial charge in [-0.3, -0.25) is 4.90 Å². The van der Waals surface area contributed by atoms with Crippen LogP contribution in [0.2, 0.25) is 10.0 Å². The molecule has 1 aromatic rings. The third-order valence-electron chi connectivity index (χ3n) is 3.55. The molecule has 0 aliphatic carbocycles. The Morgan fingerprint density at radius 1 is 1.32 bits per heavy atom. The lowest BCUT2D eigenvalue weighted by Gasteiger charge is -2.36. The minimum Gasteiger partial charge on any atom is -0.506 e. The van der Waals surface area contributed by atoms with E-state index in [2.05, 4.69) is 16.8 Å². The molecule has 3 nitrogen and oxygen atoms in total. The van der Waals surface area contributed by atoms with E-state index in [1.54, 1.807) is 12.1 Å². The fourth-order valence-electron chi connectivity index (χ4n) is 2.60. The predicted molar refractivity (Wildman–Crippen MR) is 99.2 cm³/mol. The van der Waals surface area contributed by atoms with Gasteiger partial charge in [0.15, 0.2) is 0 Å². The Bertz CT molecular complexity index is 505. The van der Waals surface area contributed by atoms with Gasteiger partial charge in [-0.25, -0.2) is 0 Å². The summed E-state index contributed by atoms with van der Waals surface area (Å²) in [5, 5.41) is 14.5. The van der Waals surface area contributed by atoms with E-state index in [1.807, 2.05) is 6.92 Å². The van der Waals surface area contributed by atoms with Crippen LogP contribution in [0.1, 0.15) is 24.9 Å². The first kappa shape index (κ1) is 21.8. The van der Waals surface area contributed by atoms with Crippen molar-refractivity contribution < 1.29 is 5.11 Å². The second kappa shape index (κ2) is 9.86. The summed E-state index contributed by atoms with van der Waals surface area (Å²) >= 11 is 12.1. The molecule has 0 amide bonds. The fourth-order valence-corrected chi connectivity index (χ4v) is 3.11. The molecule has 126 valence electrons. The van der Waals surface area contributed by atoms with E-state index in [0.717, 1.165) is 43.7 Å². The van der Waals surface area contributed by atoms with Crippen LogP contribution in [0.3, 0.4) is 0 Å². The second-order valence-corrected chi connectivity index (χ2v) is 6.13. The molecule has 0 bridgehead atoms. The summed E-state index contributed by atoms with van der Waals surface area (Å²) in [7, 11) is 0. The smallest absolute Gasteiger partial charge is 0.139 e. The van der Waals surface area contributed by atoms with Gasteiger partial charge in [-0.1, -0.05) is 28.8 Å². The molecule has 7 heteroatoms. The van der Waals surface area contributed by atoms with Crippen LogP contribution in [-0.2, 0) is 0 Å². The molecule has 0 spiro atoms. The summed E-state index contributed by atoms with van der Waals surface area (Å²) in [6.45, 7) is 9.75. The molecule has 1 atom stereocenters. The maximum absolute atomic E-state index is 10.3. The van der Waals surface area contributed by atoms with Crippen molar-refractivity contribution in [1.82, 2.24) is 10.2 Å². The molecular weight excluding hydrogens is 366 g/mol. The van der Waals surface area contributed by atoms with Gasteiger partial charge in [-0.05, 0) is 25.5 Å². The molecule has 22 heavy (non-hydrogen) atoms. The Hall–Kier alpha value is -0.160. The summed E-state index contributed by atoms with van der Waals surface area (Å²) in [6.07, 6.45) is 0.782. The van der Waals surface area contributed by atoms with E-state index in [-0.39, 0.29) is 36.6 Å². The predicted octanol–water partition coefficient (Wildman–Crippen LogP) is 4.46. The van der Waals surface area contributed by atoms with Gasteiger partial charge < -0.3 is 10.4 Å². The van der Waals surface area contributed by atoms with Crippen LogP contribution in [0.25, 0.3) is 0 Å². The highest BCUT2D eigenvalue weighted by molar-refractivity contribution is 6.35. The van der Waals surface area contributed by atoms with Crippen molar-refractivity contribution in [2.45, 2.75) is 19.4 Å². The molecule has 1 aliphatic heterocycles. The lowest BCUT2D eigenvalue weighted by Crippen LogP contribution is -2.45. The lowest BCUT2D eigenvalue weighted by molar-refractivity contribution is 0.170. The van der Waals surface area contributed by atoms with Crippen molar-refractivity contribution in [2.75, 3.05) is 26.2 Å². The van der Waals surface area contributed by atoms with E-state index in [1.165, 1.54) is 0 Å². The van der Waals surface area contributed by atoms with Crippen LogP contribution in [0, 0.1) is 0 Å². The summed E-state index contributed by atoms with van der Waals surface area (Å²) in [5.41, 5.74) is 1.86. The summed E-state index contributed by atoms with van der Waals surface area (Å²) in [6, 6.07) is 3.43. The number of hydrogen-bond donors (Lipinski definition) is 2. The number of piperazine rings is 1. The van der Waals surface area contributed by atoms with Crippen molar-refractivity contribution in [1.29, 1.82) is 0 Å². The summed E-state index contributed by atoms with van der Waals surface area (Å²) in [4.78, 5) is 2.34. The summed E-state index contributed by atoms with van der Waals surface area (Å²) < 4.78 is 0. The van der Waals surface area contributed by atoms with Crippen molar-refractivity contribution in [3.8, 4) is 5.75 Å². The van der Waals surface area contributed by atoms with E-state index in [9.17, 15) is 5.11 Å². The Morgan fingerprint density at radius 2 is 1.91 bits per heavy atom. The Morgan fingerprint density at radius 3 is 2.45 bits per heavy atom. The molecule has 2 N–H and O–H groups in total. The number of benzene rings is 1. The van der Waals surface area contributed by atoms with Gasteiger partial charge in [-0.15, -0.1) is 31.4 Å². The van der Waals surface area contributed by atoms with E-state index in [0.29, 0.717) is 10.0 Å². The van der Waals surface area contributed by atoms with Crippen LogP contribution in [0.4, 0.5) is 0 Å². The largest absolute Gasteiger partial charge is 0.506 e. The highest BCUT2D eigenvalue weighted by Gasteiger charge is 2.25. The number of hydrogen-bond acceptors (Lipinski definition) is 3. The number of halogens is 4. The zero-order valence-electron chi connectivity index (χ0n) is 12.4. The highest BCUT2D eigenvalue weighted by Crippen LogP contribution is 2.39. The molecule has 0 unspecified atom stereocenters. The Balaban J connectivity index is 0.00000220. The number of nitrogens with one attached hydrogen (secondary N) is 1. The normalized spacial score (nSPS) is 16.3. The maximum atomic E-state index is 10.3. The van der Waals surface area contributed by atoms with Gasteiger partial charge in [0.25, 0.3) is 0 Å². The quantitative estimate of drug-likeness (QED) is 0.748. The van der Waals surface area contributed by atoms with Crippen molar-refractivity contribution in [3.63, 3.8) is 0 Å². The number of nitrogens with zero attached hydrogens (tertiary/aromatic N) is 1. The molecule has 1 fully saturated rings. The van der Waals surface area contributed by atoms with Crippen molar-refractivity contribution in [3.05, 3.63) is 39.9 Å². The zero-order valence-corrected chi connectivity index (χ0v) is 15.6. The molecule has 1 aliphatic rings. The Labute approximate surface area is 154 Å². The lowest BCUT2D eigenvalue weighted by atomic mass is 9.97. The van der Waals surface area contributed by atoms with Crippen molar-refractivity contribution >= 4 is 48.0 Å². The van der Waals surface area contributed by atoms with Crippen LogP contribution >= 0.6 is 48.0 Å². The van der Waals surface area contributed by atoms with E-state index >= 15 is 0 Å². The van der Waals surface area contributed by atoms with Crippen LogP contribution < -0.4 is 5.32 Å². The third kappa shape index (κ3) is 5.48. The Kier molecular flexibility index (Phi) is 9.79. The molecular formula is C15H22Cl4N2O. The second-order valence-electron chi connectivity index (χ2n) is 5.29. The monoisotopic (exact) mass is 386 g/mol. The molecule has 0 aromatic heterocycles. The van der Waals surface area contributed by atoms with Crippen LogP contribution in [-0.4, -0.2) is 36.2 Å². The van der Waals surface area contributed by atoms with Gasteiger partial charge in [0.1, 0.15) is 5.75 Å². The maximum Gasteiger partial charge on any atom is 0.139 e. The number of aromatic hydroxyl groups is 1. The average Bonchev–Trinajstić information content (AvgIpc) is 2.41. The first-order valence-electron chi connectivity index (χ1n) is 6.76. The number of phenols is 1. The SMILES string of the molecule is C=C(C)C[C@@H](c1cc(Cl)cc(Cl)c1O)N1CCNCC1.Cl.Cl. The fraction of sp³-hybridized carbons (Fsp3) is 0.467. The minimum absolute atomic E-state index is 0. The average molecular weight is 388 g/mol. The van der Waals surface area contributed by atoms with E-state index < -0.39 is 0 Å². The number of rotatable bonds is 4. The van der Waals surface area contributed by atoms with Gasteiger partial charge >= 0.3 is 0 Å². The molecule has 0 radical (unpaired) electrons. The standard InChI is InChI=1S/C15H20Cl2N2O.2ClH/c1-10(2)7-14(19-5-3-18-4-6-19)12-8-11(16)9-13(17)15(12)20;;/h8-9,14,18,20H,1,3-7H2,2H3;2*1H/t14-;;/m0../s1. The first-order chi connectivity index (χ1) is 9.49. The van der Waals surface area contributed by atoms with Gasteiger partial charge in [0, 0.05) is 42.8 Å². The molecule has 0 saturated carbocycles. The molecule has 2 rings (SSSR count). The molecule has 1 saturated heterocycles. The highest BCUT2D eigenvalue weighted by atomic mass is 35.5. The minimum atomic E-state index is 0.